The Kier molecular flexibility index (Phi) is 4.65. The Balaban J connectivity index is 1.55. The van der Waals surface area contributed by atoms with Gasteiger partial charge >= 0.3 is 5.97 Å². The molecule has 0 aliphatic carbocycles. The summed E-state index contributed by atoms with van der Waals surface area (Å²) in [5, 5.41) is 2.46. The van der Waals surface area contributed by atoms with Gasteiger partial charge in [0.15, 0.2) is 11.5 Å². The monoisotopic (exact) mass is 336 g/mol. The van der Waals surface area contributed by atoms with Crippen molar-refractivity contribution >= 4 is 35.0 Å². The maximum absolute atomic E-state index is 11.7. The molecule has 0 unspecified atom stereocenters. The number of carbonyl (C=O) groups excluding carboxylic acids is 1. The number of carbonyl (C=O) groups is 1. The van der Waals surface area contributed by atoms with Gasteiger partial charge in [0, 0.05) is 17.4 Å². The van der Waals surface area contributed by atoms with Gasteiger partial charge in [-0.05, 0) is 35.2 Å². The van der Waals surface area contributed by atoms with Crippen LogP contribution in [0.2, 0.25) is 5.02 Å². The third-order valence-electron chi connectivity index (χ3n) is 3.03. The largest absolute Gasteiger partial charge is 0.462 e. The molecule has 6 heteroatoms. The highest BCUT2D eigenvalue weighted by Gasteiger charge is 2.17. The zero-order valence-corrected chi connectivity index (χ0v) is 13.2. The Labute approximate surface area is 136 Å². The summed E-state index contributed by atoms with van der Waals surface area (Å²) in [6, 6.07) is 7.47. The van der Waals surface area contributed by atoms with Gasteiger partial charge in [-0.25, -0.2) is 4.79 Å². The third-order valence-corrected chi connectivity index (χ3v) is 4.25. The number of ether oxygens (including phenoxy) is 3. The third kappa shape index (κ3) is 3.61. The zero-order valence-electron chi connectivity index (χ0n) is 11.6. The number of halogens is 1. The van der Waals surface area contributed by atoms with E-state index < -0.39 is 0 Å². The van der Waals surface area contributed by atoms with E-state index in [2.05, 4.69) is 0 Å². The van der Waals surface area contributed by atoms with E-state index in [1.165, 1.54) is 11.0 Å². The fourth-order valence-electron chi connectivity index (χ4n) is 2.00. The fraction of sp³-hybridized carbons (Fsp3) is 0.188. The molecule has 1 aromatic heterocycles. The molecular formula is C16H13ClO4S. The second-order valence-electron chi connectivity index (χ2n) is 4.57. The first-order valence-corrected chi connectivity index (χ1v) is 7.94. The van der Waals surface area contributed by atoms with Crippen molar-refractivity contribution in [3.8, 4) is 11.5 Å². The van der Waals surface area contributed by atoms with E-state index in [0.717, 1.165) is 12.0 Å². The van der Waals surface area contributed by atoms with Gasteiger partial charge in [0.1, 0.15) is 0 Å². The second kappa shape index (κ2) is 6.85. The number of rotatable bonds is 5. The van der Waals surface area contributed by atoms with Crippen LogP contribution in [0.5, 0.6) is 11.5 Å². The fourth-order valence-corrected chi connectivity index (χ4v) is 2.97. The van der Waals surface area contributed by atoms with E-state index in [1.54, 1.807) is 29.5 Å². The van der Waals surface area contributed by atoms with E-state index in [0.29, 0.717) is 23.1 Å². The summed E-state index contributed by atoms with van der Waals surface area (Å²) < 4.78 is 15.7. The zero-order chi connectivity index (χ0) is 15.4. The Bertz CT molecular complexity index is 694. The molecule has 4 nitrogen and oxygen atoms in total. The molecule has 0 N–H and O–H groups in total. The normalized spacial score (nSPS) is 12.8. The Morgan fingerprint density at radius 1 is 1.41 bits per heavy atom. The average molecular weight is 337 g/mol. The van der Waals surface area contributed by atoms with E-state index in [4.69, 9.17) is 25.8 Å². The highest BCUT2D eigenvalue weighted by atomic mass is 35.5. The first-order valence-electron chi connectivity index (χ1n) is 6.69. The van der Waals surface area contributed by atoms with Crippen LogP contribution in [0.1, 0.15) is 10.4 Å². The molecule has 1 aliphatic heterocycles. The minimum atomic E-state index is -0.384. The van der Waals surface area contributed by atoms with E-state index in [-0.39, 0.29) is 12.8 Å². The number of fused-ring (bicyclic) bond motifs is 1. The Morgan fingerprint density at radius 3 is 3.14 bits per heavy atom. The first kappa shape index (κ1) is 14.9. The summed E-state index contributed by atoms with van der Waals surface area (Å²) in [7, 11) is 0. The summed E-state index contributed by atoms with van der Waals surface area (Å²) in [5.74, 6) is 0.737. The number of esters is 1. The van der Waals surface area contributed by atoms with Crippen LogP contribution in [0.25, 0.3) is 6.08 Å². The molecule has 0 saturated carbocycles. The van der Waals surface area contributed by atoms with Gasteiger partial charge in [-0.1, -0.05) is 17.7 Å². The quantitative estimate of drug-likeness (QED) is 0.613. The predicted molar refractivity (Wildman–Crippen MR) is 85.6 cm³/mol. The lowest BCUT2D eigenvalue weighted by molar-refractivity contribution is -0.137. The van der Waals surface area contributed by atoms with Crippen LogP contribution in [0.4, 0.5) is 0 Å². The van der Waals surface area contributed by atoms with E-state index in [9.17, 15) is 4.79 Å². The van der Waals surface area contributed by atoms with Crippen LogP contribution in [-0.2, 0) is 16.0 Å². The lowest BCUT2D eigenvalue weighted by atomic mass is 10.2. The summed E-state index contributed by atoms with van der Waals surface area (Å²) in [4.78, 5) is 12.9. The van der Waals surface area contributed by atoms with Gasteiger partial charge in [0.05, 0.1) is 11.6 Å². The van der Waals surface area contributed by atoms with Crippen LogP contribution < -0.4 is 9.47 Å². The minimum absolute atomic E-state index is 0.160. The molecular weight excluding hydrogens is 324 g/mol. The van der Waals surface area contributed by atoms with Crippen molar-refractivity contribution in [1.82, 2.24) is 0 Å². The van der Waals surface area contributed by atoms with Gasteiger partial charge in [0.25, 0.3) is 0 Å². The van der Waals surface area contributed by atoms with Crippen molar-refractivity contribution in [3.05, 3.63) is 51.2 Å². The molecule has 0 bridgehead atoms. The molecule has 0 atom stereocenters. The van der Waals surface area contributed by atoms with Gasteiger partial charge in [-0.15, -0.1) is 11.3 Å². The maximum Gasteiger partial charge on any atom is 0.330 e. The lowest BCUT2D eigenvalue weighted by Gasteiger charge is -2.02. The highest BCUT2D eigenvalue weighted by molar-refractivity contribution is 7.09. The van der Waals surface area contributed by atoms with Crippen LogP contribution >= 0.6 is 22.9 Å². The second-order valence-corrected chi connectivity index (χ2v) is 6.01. The average Bonchev–Trinajstić information content (AvgIpc) is 3.16. The van der Waals surface area contributed by atoms with Crippen molar-refractivity contribution in [1.29, 1.82) is 0 Å². The molecule has 0 fully saturated rings. The maximum atomic E-state index is 11.7. The molecule has 1 aliphatic rings. The molecule has 0 spiro atoms. The highest BCUT2D eigenvalue weighted by Crippen LogP contribution is 2.40. The van der Waals surface area contributed by atoms with E-state index in [1.807, 2.05) is 17.5 Å². The number of hydrogen-bond acceptors (Lipinski definition) is 5. The lowest BCUT2D eigenvalue weighted by Crippen LogP contribution is -2.03. The van der Waals surface area contributed by atoms with Crippen LogP contribution in [0, 0.1) is 0 Å². The van der Waals surface area contributed by atoms with Crippen molar-refractivity contribution < 1.29 is 19.0 Å². The predicted octanol–water partition coefficient (Wildman–Crippen LogP) is 3.93. The summed E-state index contributed by atoms with van der Waals surface area (Å²) in [6.07, 6.45) is 3.75. The molecule has 0 radical (unpaired) electrons. The van der Waals surface area contributed by atoms with Crippen molar-refractivity contribution in [2.45, 2.75) is 6.42 Å². The van der Waals surface area contributed by atoms with Crippen LogP contribution in [0.3, 0.4) is 0 Å². The number of benzene rings is 1. The standard InChI is InChI=1S/C16H13ClO4S/c17-13-8-11(9-14-16(13)21-10-20-14)3-4-15(18)19-6-5-12-2-1-7-22-12/h1-4,7-9H,5-6,10H2. The van der Waals surface area contributed by atoms with Crippen molar-refractivity contribution in [2.24, 2.45) is 0 Å². The number of hydrogen-bond donors (Lipinski definition) is 0. The Morgan fingerprint density at radius 2 is 2.32 bits per heavy atom. The molecule has 0 saturated heterocycles. The summed E-state index contributed by atoms with van der Waals surface area (Å²) in [5.41, 5.74) is 0.754. The van der Waals surface area contributed by atoms with Gasteiger partial charge < -0.3 is 14.2 Å². The number of thiophene rings is 1. The molecule has 3 rings (SSSR count). The summed E-state index contributed by atoms with van der Waals surface area (Å²) >= 11 is 7.72. The minimum Gasteiger partial charge on any atom is -0.462 e. The van der Waals surface area contributed by atoms with Gasteiger partial charge in [0.2, 0.25) is 6.79 Å². The van der Waals surface area contributed by atoms with Crippen molar-refractivity contribution in [3.63, 3.8) is 0 Å². The topological polar surface area (TPSA) is 44.8 Å². The van der Waals surface area contributed by atoms with Gasteiger partial charge in [-0.2, -0.15) is 0 Å². The van der Waals surface area contributed by atoms with Gasteiger partial charge in [-0.3, -0.25) is 0 Å². The Hall–Kier alpha value is -1.98. The molecule has 1 aromatic carbocycles. The summed E-state index contributed by atoms with van der Waals surface area (Å²) in [6.45, 7) is 0.526. The molecule has 0 amide bonds. The molecule has 22 heavy (non-hydrogen) atoms. The van der Waals surface area contributed by atoms with Crippen LogP contribution in [-0.4, -0.2) is 19.4 Å². The van der Waals surface area contributed by atoms with E-state index >= 15 is 0 Å². The smallest absolute Gasteiger partial charge is 0.330 e. The SMILES string of the molecule is O=C(C=Cc1cc(Cl)c2c(c1)OCO2)OCCc1cccs1. The molecule has 114 valence electrons. The van der Waals surface area contributed by atoms with Crippen LogP contribution in [0.15, 0.2) is 35.7 Å². The molecule has 2 heterocycles. The van der Waals surface area contributed by atoms with Crippen molar-refractivity contribution in [2.75, 3.05) is 13.4 Å². The molecule has 2 aromatic rings. The first-order chi connectivity index (χ1) is 10.7.